The molecule has 1 saturated heterocycles. The van der Waals surface area contributed by atoms with E-state index >= 15 is 0 Å². The number of thioether (sulfide) groups is 1. The van der Waals surface area contributed by atoms with Gasteiger partial charge in [-0.25, -0.2) is 0 Å². The molecule has 2 heterocycles. The summed E-state index contributed by atoms with van der Waals surface area (Å²) in [6.07, 6.45) is 3.58. The molecule has 0 aromatic carbocycles. The van der Waals surface area contributed by atoms with Crippen molar-refractivity contribution >= 4 is 23.6 Å². The smallest absolute Gasteiger partial charge is 0.303 e. The number of piperidine rings is 1. The molecule has 0 radical (unpaired) electrons. The Kier molecular flexibility index (Phi) is 4.52. The van der Waals surface area contributed by atoms with Gasteiger partial charge in [-0.3, -0.25) is 9.59 Å². The zero-order valence-corrected chi connectivity index (χ0v) is 11.6. The van der Waals surface area contributed by atoms with Gasteiger partial charge in [-0.2, -0.15) is 0 Å². The molecule has 0 saturated carbocycles. The lowest BCUT2D eigenvalue weighted by molar-refractivity contribution is -0.138. The van der Waals surface area contributed by atoms with Gasteiger partial charge in [0.15, 0.2) is 10.9 Å². The molecule has 0 atom stereocenters. The first-order valence-corrected chi connectivity index (χ1v) is 7.47. The number of likely N-dealkylation sites (tertiary alicyclic amines) is 1. The van der Waals surface area contributed by atoms with Crippen LogP contribution in [0.1, 0.15) is 29.8 Å². The molecule has 6 heteroatoms. The maximum atomic E-state index is 12.2. The molecular formula is C13H17NO4S. The number of carboxylic acid groups (broad SMARTS) is 1. The van der Waals surface area contributed by atoms with E-state index in [9.17, 15) is 9.59 Å². The van der Waals surface area contributed by atoms with E-state index in [2.05, 4.69) is 0 Å². The van der Waals surface area contributed by atoms with Gasteiger partial charge in [0, 0.05) is 19.5 Å². The van der Waals surface area contributed by atoms with Crippen LogP contribution in [0.5, 0.6) is 0 Å². The summed E-state index contributed by atoms with van der Waals surface area (Å²) in [5.74, 6) is -0.324. The third-order valence-electron chi connectivity index (χ3n) is 3.36. The molecule has 5 nitrogen and oxygen atoms in total. The van der Waals surface area contributed by atoms with Crippen LogP contribution >= 0.6 is 11.8 Å². The van der Waals surface area contributed by atoms with E-state index in [4.69, 9.17) is 9.52 Å². The van der Waals surface area contributed by atoms with Crippen molar-refractivity contribution in [2.45, 2.75) is 24.4 Å². The number of carbonyl (C=O) groups excluding carboxylic acids is 1. The highest BCUT2D eigenvalue weighted by atomic mass is 32.2. The van der Waals surface area contributed by atoms with Crippen LogP contribution in [0, 0.1) is 5.92 Å². The van der Waals surface area contributed by atoms with Gasteiger partial charge < -0.3 is 14.4 Å². The Morgan fingerprint density at radius 1 is 1.42 bits per heavy atom. The summed E-state index contributed by atoms with van der Waals surface area (Å²) in [5, 5.41) is 9.48. The van der Waals surface area contributed by atoms with Crippen molar-refractivity contribution in [3.8, 4) is 0 Å². The molecule has 0 aliphatic carbocycles. The molecule has 1 aromatic heterocycles. The van der Waals surface area contributed by atoms with Gasteiger partial charge in [-0.15, -0.1) is 0 Å². The second-order valence-corrected chi connectivity index (χ2v) is 5.47. The first kappa shape index (κ1) is 14.0. The minimum Gasteiger partial charge on any atom is -0.481 e. The number of nitrogens with zero attached hydrogens (tertiary/aromatic N) is 1. The summed E-state index contributed by atoms with van der Waals surface area (Å²) < 4.78 is 5.42. The van der Waals surface area contributed by atoms with E-state index in [1.165, 1.54) is 11.8 Å². The molecule has 0 spiro atoms. The standard InChI is InChI=1S/C13H17NO4S/c1-19-12-3-2-10(18-12)13(17)14-6-4-9(5-7-14)8-11(15)16/h2-3,9H,4-8H2,1H3,(H,15,16). The van der Waals surface area contributed by atoms with Crippen LogP contribution in [0.15, 0.2) is 21.6 Å². The Hall–Kier alpha value is -1.43. The highest BCUT2D eigenvalue weighted by molar-refractivity contribution is 7.98. The summed E-state index contributed by atoms with van der Waals surface area (Å²) in [6.45, 7) is 1.21. The number of furan rings is 1. The fraction of sp³-hybridized carbons (Fsp3) is 0.538. The molecule has 1 fully saturated rings. The second-order valence-electron chi connectivity index (χ2n) is 4.66. The first-order chi connectivity index (χ1) is 9.10. The van der Waals surface area contributed by atoms with Crippen LogP contribution < -0.4 is 0 Å². The largest absolute Gasteiger partial charge is 0.481 e. The predicted octanol–water partition coefficient (Wildman–Crippen LogP) is 2.33. The van der Waals surface area contributed by atoms with Gasteiger partial charge in [-0.05, 0) is 37.1 Å². The minimum atomic E-state index is -0.763. The van der Waals surface area contributed by atoms with Crippen molar-refractivity contribution in [3.63, 3.8) is 0 Å². The Morgan fingerprint density at radius 2 is 2.11 bits per heavy atom. The molecule has 1 N–H and O–H groups in total. The Bertz CT molecular complexity index is 463. The molecule has 1 aliphatic rings. The van der Waals surface area contributed by atoms with E-state index in [1.807, 2.05) is 6.26 Å². The summed E-state index contributed by atoms with van der Waals surface area (Å²) >= 11 is 1.46. The van der Waals surface area contributed by atoms with Crippen molar-refractivity contribution in [2.24, 2.45) is 5.92 Å². The van der Waals surface area contributed by atoms with Crippen LogP contribution in [0.2, 0.25) is 0 Å². The van der Waals surface area contributed by atoms with Gasteiger partial charge in [0.1, 0.15) is 0 Å². The fourth-order valence-corrected chi connectivity index (χ4v) is 2.66. The summed E-state index contributed by atoms with van der Waals surface area (Å²) in [4.78, 5) is 24.5. The summed E-state index contributed by atoms with van der Waals surface area (Å²) in [7, 11) is 0. The van der Waals surface area contributed by atoms with Gasteiger partial charge >= 0.3 is 5.97 Å². The molecule has 104 valence electrons. The molecule has 1 aromatic rings. The Balaban J connectivity index is 1.90. The van der Waals surface area contributed by atoms with Crippen LogP contribution in [-0.4, -0.2) is 41.2 Å². The quantitative estimate of drug-likeness (QED) is 0.859. The number of amides is 1. The number of hydrogen-bond donors (Lipinski definition) is 1. The zero-order valence-electron chi connectivity index (χ0n) is 10.8. The highest BCUT2D eigenvalue weighted by Gasteiger charge is 2.26. The highest BCUT2D eigenvalue weighted by Crippen LogP contribution is 2.24. The fourth-order valence-electron chi connectivity index (χ4n) is 2.29. The average Bonchev–Trinajstić information content (AvgIpc) is 2.87. The molecule has 1 amide bonds. The van der Waals surface area contributed by atoms with E-state index in [1.54, 1.807) is 17.0 Å². The Labute approximate surface area is 116 Å². The van der Waals surface area contributed by atoms with Crippen molar-refractivity contribution in [1.29, 1.82) is 0 Å². The van der Waals surface area contributed by atoms with Crippen LogP contribution in [0.4, 0.5) is 0 Å². The number of rotatable bonds is 4. The van der Waals surface area contributed by atoms with Gasteiger partial charge in [0.25, 0.3) is 5.91 Å². The predicted molar refractivity (Wildman–Crippen MR) is 71.4 cm³/mol. The first-order valence-electron chi connectivity index (χ1n) is 6.25. The van der Waals surface area contributed by atoms with Crippen molar-refractivity contribution in [3.05, 3.63) is 17.9 Å². The molecule has 0 unspecified atom stereocenters. The summed E-state index contributed by atoms with van der Waals surface area (Å²) in [6, 6.07) is 3.48. The van der Waals surface area contributed by atoms with Gasteiger partial charge in [0.2, 0.25) is 0 Å². The van der Waals surface area contributed by atoms with E-state index < -0.39 is 5.97 Å². The number of hydrogen-bond acceptors (Lipinski definition) is 4. The number of aliphatic carboxylic acids is 1. The number of carbonyl (C=O) groups is 2. The lowest BCUT2D eigenvalue weighted by Crippen LogP contribution is -2.38. The van der Waals surface area contributed by atoms with E-state index in [0.29, 0.717) is 18.8 Å². The van der Waals surface area contributed by atoms with Crippen molar-refractivity contribution in [1.82, 2.24) is 4.90 Å². The lowest BCUT2D eigenvalue weighted by Gasteiger charge is -2.30. The molecule has 1 aliphatic heterocycles. The lowest BCUT2D eigenvalue weighted by atomic mass is 9.93. The second kappa shape index (κ2) is 6.14. The summed E-state index contributed by atoms with van der Waals surface area (Å²) in [5.41, 5.74) is 0. The number of carboxylic acids is 1. The van der Waals surface area contributed by atoms with Crippen molar-refractivity contribution < 1.29 is 19.1 Å². The van der Waals surface area contributed by atoms with E-state index in [-0.39, 0.29) is 18.2 Å². The molecule has 19 heavy (non-hydrogen) atoms. The third kappa shape index (κ3) is 3.53. The topological polar surface area (TPSA) is 70.8 Å². The molecule has 2 rings (SSSR count). The SMILES string of the molecule is CSc1ccc(C(=O)N2CCC(CC(=O)O)CC2)o1. The zero-order chi connectivity index (χ0) is 13.8. The van der Waals surface area contributed by atoms with Crippen LogP contribution in [0.3, 0.4) is 0 Å². The Morgan fingerprint density at radius 3 is 2.63 bits per heavy atom. The third-order valence-corrected chi connectivity index (χ3v) is 3.98. The van der Waals surface area contributed by atoms with Gasteiger partial charge in [-0.1, -0.05) is 11.8 Å². The van der Waals surface area contributed by atoms with Crippen molar-refractivity contribution in [2.75, 3.05) is 19.3 Å². The average molecular weight is 283 g/mol. The maximum absolute atomic E-state index is 12.2. The van der Waals surface area contributed by atoms with E-state index in [0.717, 1.165) is 17.9 Å². The monoisotopic (exact) mass is 283 g/mol. The van der Waals surface area contributed by atoms with Gasteiger partial charge in [0.05, 0.1) is 0 Å². The normalized spacial score (nSPS) is 16.6. The van der Waals surface area contributed by atoms with Crippen LogP contribution in [0.25, 0.3) is 0 Å². The molecule has 0 bridgehead atoms. The maximum Gasteiger partial charge on any atom is 0.303 e. The molecular weight excluding hydrogens is 266 g/mol. The minimum absolute atomic E-state index is 0.103. The van der Waals surface area contributed by atoms with Crippen LogP contribution in [-0.2, 0) is 4.79 Å².